The minimum atomic E-state index is -1.09. The van der Waals surface area contributed by atoms with Crippen molar-refractivity contribution in [1.82, 2.24) is 0 Å². The monoisotopic (exact) mass is 320 g/mol. The number of hydrogen-bond donors (Lipinski definition) is 2. The van der Waals surface area contributed by atoms with E-state index in [-0.39, 0.29) is 11.6 Å². The molecule has 0 spiro atoms. The summed E-state index contributed by atoms with van der Waals surface area (Å²) in [7, 11) is 0. The van der Waals surface area contributed by atoms with Crippen LogP contribution in [-0.2, 0) is 0 Å². The number of phenols is 1. The maximum Gasteiger partial charge on any atom is 0.124 e. The third-order valence-corrected chi connectivity index (χ3v) is 3.89. The predicted molar refractivity (Wildman–Crippen MR) is 87.5 cm³/mol. The zero-order valence-electron chi connectivity index (χ0n) is 12.7. The fourth-order valence-corrected chi connectivity index (χ4v) is 2.38. The average Bonchev–Trinajstić information content (AvgIpc) is 2.42. The Morgan fingerprint density at radius 2 is 1.68 bits per heavy atom. The average molecular weight is 321 g/mol. The van der Waals surface area contributed by atoms with Crippen LogP contribution in [0.15, 0.2) is 48.0 Å². The van der Waals surface area contributed by atoms with Gasteiger partial charge in [-0.3, -0.25) is 0 Å². The fraction of sp³-hybridized carbons (Fsp3) is 0.222. The van der Waals surface area contributed by atoms with Crippen molar-refractivity contribution in [3.63, 3.8) is 0 Å². The van der Waals surface area contributed by atoms with E-state index in [9.17, 15) is 14.6 Å². The Bertz CT molecular complexity index is 713. The molecule has 0 aliphatic heterocycles. The first-order chi connectivity index (χ1) is 10.2. The van der Waals surface area contributed by atoms with Crippen molar-refractivity contribution in [2.24, 2.45) is 0 Å². The standard InChI is InChI=1S/C18H18ClFO2/c1-11(18(2,3)22)17(12-4-7-14(20)8-5-12)15-9-6-13(19)10-16(15)21/h4-10,21-22H,1-3H3. The highest BCUT2D eigenvalue weighted by Gasteiger charge is 2.23. The van der Waals surface area contributed by atoms with Crippen LogP contribution in [0.5, 0.6) is 5.75 Å². The summed E-state index contributed by atoms with van der Waals surface area (Å²) in [6, 6.07) is 10.7. The summed E-state index contributed by atoms with van der Waals surface area (Å²) in [5, 5.41) is 21.0. The van der Waals surface area contributed by atoms with Gasteiger partial charge in [0.2, 0.25) is 0 Å². The van der Waals surface area contributed by atoms with E-state index in [2.05, 4.69) is 0 Å². The summed E-state index contributed by atoms with van der Waals surface area (Å²) in [5.41, 5.74) is 1.48. The van der Waals surface area contributed by atoms with E-state index in [1.54, 1.807) is 45.0 Å². The van der Waals surface area contributed by atoms with E-state index in [1.165, 1.54) is 18.2 Å². The van der Waals surface area contributed by atoms with Crippen LogP contribution in [0.3, 0.4) is 0 Å². The zero-order valence-corrected chi connectivity index (χ0v) is 13.4. The smallest absolute Gasteiger partial charge is 0.124 e. The van der Waals surface area contributed by atoms with Crippen molar-refractivity contribution in [3.8, 4) is 5.75 Å². The molecule has 116 valence electrons. The Morgan fingerprint density at radius 3 is 2.18 bits per heavy atom. The van der Waals surface area contributed by atoms with Crippen LogP contribution in [0.4, 0.5) is 4.39 Å². The van der Waals surface area contributed by atoms with Gasteiger partial charge in [-0.15, -0.1) is 0 Å². The zero-order chi connectivity index (χ0) is 16.5. The molecule has 0 aromatic heterocycles. The summed E-state index contributed by atoms with van der Waals surface area (Å²) < 4.78 is 13.2. The molecule has 0 bridgehead atoms. The number of aliphatic hydroxyl groups is 1. The van der Waals surface area contributed by atoms with Crippen molar-refractivity contribution in [2.75, 3.05) is 0 Å². The molecule has 0 fully saturated rings. The van der Waals surface area contributed by atoms with Gasteiger partial charge in [-0.25, -0.2) is 4.39 Å². The Kier molecular flexibility index (Phi) is 4.59. The highest BCUT2D eigenvalue weighted by molar-refractivity contribution is 6.30. The lowest BCUT2D eigenvalue weighted by molar-refractivity contribution is 0.120. The SMILES string of the molecule is CC(=C(c1ccc(F)cc1)c1ccc(Cl)cc1O)C(C)(C)O. The molecule has 0 unspecified atom stereocenters. The fourth-order valence-electron chi connectivity index (χ4n) is 2.21. The quantitative estimate of drug-likeness (QED) is 0.854. The number of rotatable bonds is 3. The van der Waals surface area contributed by atoms with Crippen LogP contribution in [0.2, 0.25) is 5.02 Å². The molecule has 0 atom stereocenters. The Morgan fingerprint density at radius 1 is 1.09 bits per heavy atom. The molecule has 0 saturated carbocycles. The van der Waals surface area contributed by atoms with Crippen LogP contribution in [0.25, 0.3) is 5.57 Å². The normalized spacial score (nSPS) is 13.0. The lowest BCUT2D eigenvalue weighted by Gasteiger charge is -2.24. The van der Waals surface area contributed by atoms with Crippen LogP contribution >= 0.6 is 11.6 Å². The van der Waals surface area contributed by atoms with Crippen molar-refractivity contribution < 1.29 is 14.6 Å². The summed E-state index contributed by atoms with van der Waals surface area (Å²) in [4.78, 5) is 0. The number of hydrogen-bond acceptors (Lipinski definition) is 2. The maximum atomic E-state index is 13.2. The molecule has 2 aromatic rings. The number of aromatic hydroxyl groups is 1. The molecule has 22 heavy (non-hydrogen) atoms. The molecule has 0 aliphatic rings. The number of phenolic OH excluding ortho intramolecular Hbond substituents is 1. The van der Waals surface area contributed by atoms with E-state index in [1.807, 2.05) is 0 Å². The molecule has 2 rings (SSSR count). The lowest BCUT2D eigenvalue weighted by atomic mass is 9.86. The van der Waals surface area contributed by atoms with Gasteiger partial charge in [-0.1, -0.05) is 23.7 Å². The molecule has 4 heteroatoms. The second-order valence-corrected chi connectivity index (χ2v) is 6.16. The van der Waals surface area contributed by atoms with Crippen LogP contribution in [-0.4, -0.2) is 15.8 Å². The molecule has 0 saturated heterocycles. The van der Waals surface area contributed by atoms with Gasteiger partial charge in [0.05, 0.1) is 5.60 Å². The van der Waals surface area contributed by atoms with Gasteiger partial charge >= 0.3 is 0 Å². The van der Waals surface area contributed by atoms with Crippen LogP contribution in [0, 0.1) is 5.82 Å². The van der Waals surface area contributed by atoms with Gasteiger partial charge < -0.3 is 10.2 Å². The minimum absolute atomic E-state index is 0.00965. The molecule has 0 amide bonds. The molecular formula is C18H18ClFO2. The minimum Gasteiger partial charge on any atom is -0.507 e. The summed E-state index contributed by atoms with van der Waals surface area (Å²) in [6.45, 7) is 5.12. The predicted octanol–water partition coefficient (Wildman–Crippen LogP) is 4.78. The maximum absolute atomic E-state index is 13.2. The molecule has 2 nitrogen and oxygen atoms in total. The summed E-state index contributed by atoms with van der Waals surface area (Å²) in [5.74, 6) is -0.334. The number of benzene rings is 2. The number of halogens is 2. The molecule has 0 heterocycles. The van der Waals surface area contributed by atoms with E-state index in [0.717, 1.165) is 0 Å². The van der Waals surface area contributed by atoms with E-state index in [4.69, 9.17) is 11.6 Å². The molecule has 0 radical (unpaired) electrons. The second kappa shape index (κ2) is 6.11. The van der Waals surface area contributed by atoms with Crippen molar-refractivity contribution in [3.05, 3.63) is 70.0 Å². The van der Waals surface area contributed by atoms with Gasteiger partial charge in [0.15, 0.2) is 0 Å². The topological polar surface area (TPSA) is 40.5 Å². The first kappa shape index (κ1) is 16.5. The molecule has 0 aliphatic carbocycles. The molecular weight excluding hydrogens is 303 g/mol. The van der Waals surface area contributed by atoms with Crippen LogP contribution in [0.1, 0.15) is 31.9 Å². The van der Waals surface area contributed by atoms with Gasteiger partial charge in [-0.05, 0) is 67.8 Å². The third-order valence-electron chi connectivity index (χ3n) is 3.65. The first-order valence-corrected chi connectivity index (χ1v) is 7.26. The van der Waals surface area contributed by atoms with Gasteiger partial charge in [0.25, 0.3) is 0 Å². The first-order valence-electron chi connectivity index (χ1n) is 6.88. The highest BCUT2D eigenvalue weighted by Crippen LogP contribution is 2.37. The molecule has 2 aromatic carbocycles. The van der Waals surface area contributed by atoms with Crippen LogP contribution < -0.4 is 0 Å². The highest BCUT2D eigenvalue weighted by atomic mass is 35.5. The van der Waals surface area contributed by atoms with Crippen molar-refractivity contribution in [2.45, 2.75) is 26.4 Å². The van der Waals surface area contributed by atoms with Gasteiger partial charge in [0, 0.05) is 10.6 Å². The Balaban J connectivity index is 2.74. The molecule has 2 N–H and O–H groups in total. The Labute approximate surface area is 134 Å². The third kappa shape index (κ3) is 3.49. The van der Waals surface area contributed by atoms with E-state index < -0.39 is 5.60 Å². The Hall–Kier alpha value is -1.84. The largest absolute Gasteiger partial charge is 0.507 e. The van der Waals surface area contributed by atoms with Crippen molar-refractivity contribution >= 4 is 17.2 Å². The van der Waals surface area contributed by atoms with Gasteiger partial charge in [0.1, 0.15) is 11.6 Å². The van der Waals surface area contributed by atoms with Crippen molar-refractivity contribution in [1.29, 1.82) is 0 Å². The van der Waals surface area contributed by atoms with Gasteiger partial charge in [-0.2, -0.15) is 0 Å². The second-order valence-electron chi connectivity index (χ2n) is 5.73. The summed E-state index contributed by atoms with van der Waals surface area (Å²) >= 11 is 5.88. The van der Waals surface area contributed by atoms with E-state index in [0.29, 0.717) is 27.3 Å². The summed E-state index contributed by atoms with van der Waals surface area (Å²) in [6.07, 6.45) is 0. The lowest BCUT2D eigenvalue weighted by Crippen LogP contribution is -2.21. The van der Waals surface area contributed by atoms with E-state index >= 15 is 0 Å².